The van der Waals surface area contributed by atoms with Crippen molar-refractivity contribution >= 4 is 17.2 Å². The van der Waals surface area contributed by atoms with E-state index in [1.54, 1.807) is 5.38 Å². The van der Waals surface area contributed by atoms with Gasteiger partial charge in [-0.25, -0.2) is 0 Å². The van der Waals surface area contributed by atoms with Gasteiger partial charge in [-0.05, 0) is 28.8 Å². The third kappa shape index (κ3) is 3.30. The Morgan fingerprint density at radius 2 is 2.20 bits per heavy atom. The van der Waals surface area contributed by atoms with Crippen molar-refractivity contribution in [1.82, 2.24) is 5.32 Å². The Balaban J connectivity index is 2.57. The fourth-order valence-corrected chi connectivity index (χ4v) is 2.12. The molecule has 1 aromatic rings. The van der Waals surface area contributed by atoms with Crippen molar-refractivity contribution in [3.63, 3.8) is 0 Å². The maximum absolute atomic E-state index is 10.6. The summed E-state index contributed by atoms with van der Waals surface area (Å²) in [6.45, 7) is 3.31. The van der Waals surface area contributed by atoms with Crippen LogP contribution in [0, 0.1) is 6.92 Å². The van der Waals surface area contributed by atoms with Crippen LogP contribution in [0.15, 0.2) is 10.8 Å². The summed E-state index contributed by atoms with van der Waals surface area (Å²) < 4.78 is 0. The minimum Gasteiger partial charge on any atom is -0.388 e. The van der Waals surface area contributed by atoms with E-state index in [4.69, 9.17) is 0 Å². The Hall–Kier alpha value is -0.910. The van der Waals surface area contributed by atoms with Crippen molar-refractivity contribution < 1.29 is 15.0 Å². The number of hydrogen-bond donors (Lipinski definition) is 3. The van der Waals surface area contributed by atoms with Crippen molar-refractivity contribution in [3.8, 4) is 0 Å². The lowest BCUT2D eigenvalue weighted by Crippen LogP contribution is -2.34. The molecule has 4 nitrogen and oxygen atoms in total. The number of nitrogens with one attached hydrogen (secondary N) is 1. The van der Waals surface area contributed by atoms with Crippen molar-refractivity contribution in [3.05, 3.63) is 21.9 Å². The number of carbonyl (C=O) groups excluding carboxylic acids is 1. The van der Waals surface area contributed by atoms with E-state index in [0.29, 0.717) is 0 Å². The Kier molecular flexibility index (Phi) is 4.26. The molecule has 0 aliphatic heterocycles. The maximum atomic E-state index is 10.6. The van der Waals surface area contributed by atoms with E-state index in [1.165, 1.54) is 18.3 Å². The summed E-state index contributed by atoms with van der Waals surface area (Å²) in [7, 11) is 0. The third-order valence-corrected chi connectivity index (χ3v) is 3.02. The van der Waals surface area contributed by atoms with E-state index >= 15 is 0 Å². The topological polar surface area (TPSA) is 69.6 Å². The number of hydrogen-bond acceptors (Lipinski definition) is 4. The molecule has 0 spiro atoms. The van der Waals surface area contributed by atoms with Crippen LogP contribution in [0.5, 0.6) is 0 Å². The fraction of sp³-hybridized carbons (Fsp3) is 0.500. The summed E-state index contributed by atoms with van der Waals surface area (Å²) in [5.41, 5.74) is 1.67. The number of amides is 1. The van der Waals surface area contributed by atoms with Crippen LogP contribution in [0.3, 0.4) is 0 Å². The predicted octanol–water partition coefficient (Wildman–Crippen LogP) is 0.587. The third-order valence-electron chi connectivity index (χ3n) is 2.14. The highest BCUT2D eigenvalue weighted by atomic mass is 32.1. The van der Waals surface area contributed by atoms with Crippen LogP contribution in [0.2, 0.25) is 0 Å². The molecule has 5 heteroatoms. The molecule has 0 aliphatic rings. The van der Waals surface area contributed by atoms with Gasteiger partial charge >= 0.3 is 0 Å². The lowest BCUT2D eigenvalue weighted by Gasteiger charge is -2.17. The quantitative estimate of drug-likeness (QED) is 0.707. The fourth-order valence-electron chi connectivity index (χ4n) is 1.24. The molecule has 1 heterocycles. The van der Waals surface area contributed by atoms with Gasteiger partial charge in [0.25, 0.3) is 0 Å². The number of carbonyl (C=O) groups is 1. The van der Waals surface area contributed by atoms with Gasteiger partial charge in [-0.15, -0.1) is 0 Å². The summed E-state index contributed by atoms with van der Waals surface area (Å²) in [6, 6.07) is 0. The second-order valence-electron chi connectivity index (χ2n) is 3.46. The first-order chi connectivity index (χ1) is 7.02. The van der Waals surface area contributed by atoms with Crippen LogP contribution in [0.1, 0.15) is 24.2 Å². The zero-order valence-corrected chi connectivity index (χ0v) is 9.54. The minimum atomic E-state index is -0.970. The molecule has 0 aliphatic carbocycles. The highest BCUT2D eigenvalue weighted by Crippen LogP contribution is 2.23. The van der Waals surface area contributed by atoms with Crippen LogP contribution in [0.25, 0.3) is 0 Å². The molecule has 0 bridgehead atoms. The smallest absolute Gasteiger partial charge is 0.216 e. The Morgan fingerprint density at radius 1 is 1.53 bits per heavy atom. The summed E-state index contributed by atoms with van der Waals surface area (Å²) in [4.78, 5) is 10.6. The van der Waals surface area contributed by atoms with Crippen LogP contribution in [-0.4, -0.2) is 28.8 Å². The van der Waals surface area contributed by atoms with Crippen LogP contribution in [-0.2, 0) is 4.79 Å². The highest BCUT2D eigenvalue weighted by molar-refractivity contribution is 7.08. The van der Waals surface area contributed by atoms with E-state index in [2.05, 4.69) is 5.32 Å². The van der Waals surface area contributed by atoms with Crippen LogP contribution < -0.4 is 5.32 Å². The second kappa shape index (κ2) is 5.25. The summed E-state index contributed by atoms with van der Waals surface area (Å²) in [6.07, 6.45) is -1.91. The van der Waals surface area contributed by atoms with Crippen molar-refractivity contribution in [2.45, 2.75) is 26.1 Å². The molecular formula is C10H15NO3S. The molecule has 0 aromatic carbocycles. The number of thiophene rings is 1. The van der Waals surface area contributed by atoms with Gasteiger partial charge in [-0.1, -0.05) is 0 Å². The molecule has 0 fully saturated rings. The molecule has 1 amide bonds. The number of aliphatic hydroxyl groups excluding tert-OH is 2. The van der Waals surface area contributed by atoms with Crippen LogP contribution >= 0.6 is 11.3 Å². The zero-order chi connectivity index (χ0) is 11.4. The van der Waals surface area contributed by atoms with Gasteiger partial charge in [0.2, 0.25) is 5.91 Å². The van der Waals surface area contributed by atoms with Crippen molar-refractivity contribution in [2.24, 2.45) is 0 Å². The SMILES string of the molecule is CC(=O)NCC(O)C(O)c1cscc1C. The standard InChI is InChI=1S/C10H15NO3S/c1-6-4-15-5-8(6)10(14)9(13)3-11-7(2)12/h4-5,9-10,13-14H,3H2,1-2H3,(H,11,12). The summed E-state index contributed by atoms with van der Waals surface area (Å²) in [5.74, 6) is -0.219. The number of rotatable bonds is 4. The van der Waals surface area contributed by atoms with Gasteiger partial charge in [0, 0.05) is 13.5 Å². The Morgan fingerprint density at radius 3 is 2.67 bits per heavy atom. The van der Waals surface area contributed by atoms with Crippen molar-refractivity contribution in [1.29, 1.82) is 0 Å². The molecule has 2 unspecified atom stereocenters. The van der Waals surface area contributed by atoms with Crippen LogP contribution in [0.4, 0.5) is 0 Å². The Labute approximate surface area is 92.6 Å². The molecule has 2 atom stereocenters. The summed E-state index contributed by atoms with van der Waals surface area (Å²) >= 11 is 1.48. The first-order valence-electron chi connectivity index (χ1n) is 4.65. The largest absolute Gasteiger partial charge is 0.388 e. The minimum absolute atomic E-state index is 0.0613. The zero-order valence-electron chi connectivity index (χ0n) is 8.73. The molecule has 0 radical (unpaired) electrons. The number of aliphatic hydroxyl groups is 2. The number of aryl methyl sites for hydroxylation is 1. The first kappa shape index (κ1) is 12.2. The normalized spacial score (nSPS) is 14.7. The van der Waals surface area contributed by atoms with Gasteiger partial charge in [0.15, 0.2) is 0 Å². The Bertz CT molecular complexity index is 337. The van der Waals surface area contributed by atoms with E-state index in [-0.39, 0.29) is 12.5 Å². The highest BCUT2D eigenvalue weighted by Gasteiger charge is 2.20. The van der Waals surface area contributed by atoms with Crippen molar-refractivity contribution in [2.75, 3.05) is 6.54 Å². The average Bonchev–Trinajstić information content (AvgIpc) is 2.59. The molecule has 1 rings (SSSR count). The lowest BCUT2D eigenvalue weighted by atomic mass is 10.0. The summed E-state index contributed by atoms with van der Waals surface area (Å²) in [5, 5.41) is 25.6. The van der Waals surface area contributed by atoms with Gasteiger partial charge in [0.05, 0.1) is 0 Å². The molecule has 0 saturated heterocycles. The van der Waals surface area contributed by atoms with E-state index in [1.807, 2.05) is 12.3 Å². The molecule has 0 saturated carbocycles. The molecule has 3 N–H and O–H groups in total. The van der Waals surface area contributed by atoms with Gasteiger partial charge in [0.1, 0.15) is 12.2 Å². The average molecular weight is 229 g/mol. The van der Waals surface area contributed by atoms with Gasteiger partial charge < -0.3 is 15.5 Å². The molecule has 84 valence electrons. The molecular weight excluding hydrogens is 214 g/mol. The first-order valence-corrected chi connectivity index (χ1v) is 5.60. The molecule has 15 heavy (non-hydrogen) atoms. The monoisotopic (exact) mass is 229 g/mol. The van der Waals surface area contributed by atoms with E-state index in [0.717, 1.165) is 11.1 Å². The van der Waals surface area contributed by atoms with Gasteiger partial charge in [-0.2, -0.15) is 11.3 Å². The van der Waals surface area contributed by atoms with E-state index < -0.39 is 12.2 Å². The second-order valence-corrected chi connectivity index (χ2v) is 4.20. The molecule has 1 aromatic heterocycles. The maximum Gasteiger partial charge on any atom is 0.216 e. The predicted molar refractivity (Wildman–Crippen MR) is 58.7 cm³/mol. The van der Waals surface area contributed by atoms with Gasteiger partial charge in [-0.3, -0.25) is 4.79 Å². The lowest BCUT2D eigenvalue weighted by molar-refractivity contribution is -0.119. The van der Waals surface area contributed by atoms with E-state index in [9.17, 15) is 15.0 Å².